The van der Waals surface area contributed by atoms with E-state index in [1.807, 2.05) is 6.07 Å². The molecule has 0 spiro atoms. The van der Waals surface area contributed by atoms with Gasteiger partial charge in [-0.2, -0.15) is 5.26 Å². The van der Waals surface area contributed by atoms with Gasteiger partial charge >= 0.3 is 0 Å². The normalized spacial score (nSPS) is 24.7. The Labute approximate surface area is 157 Å². The van der Waals surface area contributed by atoms with Gasteiger partial charge in [0.15, 0.2) is 0 Å². The number of nitrogens with one attached hydrogen (secondary N) is 1. The number of ether oxygens (including phenoxy) is 1. The number of carbonyl (C=O) groups is 2. The maximum Gasteiger partial charge on any atom is 0.254 e. The fraction of sp³-hybridized carbons (Fsp3) is 0.526. The van der Waals surface area contributed by atoms with E-state index in [1.165, 1.54) is 12.1 Å². The van der Waals surface area contributed by atoms with Crippen LogP contribution in [-0.4, -0.2) is 73.6 Å². The second-order valence-corrected chi connectivity index (χ2v) is 7.27. The molecule has 2 heterocycles. The van der Waals surface area contributed by atoms with E-state index in [9.17, 15) is 14.0 Å². The van der Waals surface area contributed by atoms with Crippen molar-refractivity contribution in [3.63, 3.8) is 0 Å². The smallest absolute Gasteiger partial charge is 0.254 e. The van der Waals surface area contributed by atoms with Crippen molar-refractivity contribution in [1.29, 1.82) is 5.26 Å². The lowest BCUT2D eigenvalue weighted by molar-refractivity contribution is -0.134. The SMILES string of the molecule is CN(C)C(=O)C[C@H]1CN2C[C@H](NC(=O)c3ccc(C#N)cc3F)C[C@H]2CO1. The van der Waals surface area contributed by atoms with Crippen LogP contribution in [-0.2, 0) is 9.53 Å². The first-order chi connectivity index (χ1) is 12.9. The maximum absolute atomic E-state index is 14.0. The van der Waals surface area contributed by atoms with Gasteiger partial charge in [0.2, 0.25) is 5.91 Å². The summed E-state index contributed by atoms with van der Waals surface area (Å²) in [5.41, 5.74) is 0.113. The summed E-state index contributed by atoms with van der Waals surface area (Å²) in [6, 6.07) is 5.75. The molecule has 0 radical (unpaired) electrons. The molecule has 2 saturated heterocycles. The average molecular weight is 374 g/mol. The zero-order chi connectivity index (χ0) is 19.6. The Morgan fingerprint density at radius 2 is 2.19 bits per heavy atom. The molecule has 0 saturated carbocycles. The van der Waals surface area contributed by atoms with Crippen molar-refractivity contribution in [3.8, 4) is 6.07 Å². The number of carbonyl (C=O) groups excluding carboxylic acids is 2. The predicted molar refractivity (Wildman–Crippen MR) is 95.4 cm³/mol. The fourth-order valence-electron chi connectivity index (χ4n) is 3.58. The van der Waals surface area contributed by atoms with Crippen LogP contribution < -0.4 is 5.32 Å². The number of rotatable bonds is 4. The number of benzene rings is 1. The quantitative estimate of drug-likeness (QED) is 0.841. The van der Waals surface area contributed by atoms with Crippen LogP contribution >= 0.6 is 0 Å². The van der Waals surface area contributed by atoms with Crippen LogP contribution in [0.3, 0.4) is 0 Å². The number of nitriles is 1. The highest BCUT2D eigenvalue weighted by Gasteiger charge is 2.38. The Kier molecular flexibility index (Phi) is 5.73. The predicted octanol–water partition coefficient (Wildman–Crippen LogP) is 0.747. The molecule has 2 aliphatic heterocycles. The van der Waals surface area contributed by atoms with Gasteiger partial charge in [0, 0.05) is 39.3 Å². The van der Waals surface area contributed by atoms with Gasteiger partial charge in [-0.05, 0) is 24.6 Å². The molecular weight excluding hydrogens is 351 g/mol. The van der Waals surface area contributed by atoms with Gasteiger partial charge in [-0.25, -0.2) is 4.39 Å². The van der Waals surface area contributed by atoms with Crippen LogP contribution in [0.25, 0.3) is 0 Å². The molecule has 8 heteroatoms. The highest BCUT2D eigenvalue weighted by molar-refractivity contribution is 5.94. The molecule has 1 aromatic rings. The lowest BCUT2D eigenvalue weighted by Crippen LogP contribution is -2.47. The van der Waals surface area contributed by atoms with E-state index in [1.54, 1.807) is 19.0 Å². The van der Waals surface area contributed by atoms with Gasteiger partial charge in [-0.3, -0.25) is 14.5 Å². The molecule has 0 aliphatic carbocycles. The molecule has 3 atom stereocenters. The summed E-state index contributed by atoms with van der Waals surface area (Å²) in [6.07, 6.45) is 0.906. The molecule has 1 N–H and O–H groups in total. The molecule has 2 amide bonds. The van der Waals surface area contributed by atoms with Crippen LogP contribution in [0.1, 0.15) is 28.8 Å². The molecule has 0 bridgehead atoms. The summed E-state index contributed by atoms with van der Waals surface area (Å²) in [5.74, 6) is -1.16. The van der Waals surface area contributed by atoms with E-state index in [0.29, 0.717) is 26.1 Å². The highest BCUT2D eigenvalue weighted by Crippen LogP contribution is 2.25. The second kappa shape index (κ2) is 8.03. The van der Waals surface area contributed by atoms with Gasteiger partial charge in [0.05, 0.1) is 36.3 Å². The zero-order valence-corrected chi connectivity index (χ0v) is 15.4. The van der Waals surface area contributed by atoms with Crippen LogP contribution in [0.5, 0.6) is 0 Å². The van der Waals surface area contributed by atoms with E-state index >= 15 is 0 Å². The summed E-state index contributed by atoms with van der Waals surface area (Å²) in [6.45, 7) is 1.80. The number of hydrogen-bond acceptors (Lipinski definition) is 5. The molecule has 0 unspecified atom stereocenters. The molecule has 3 rings (SSSR count). The maximum atomic E-state index is 14.0. The number of halogens is 1. The van der Waals surface area contributed by atoms with Crippen LogP contribution in [0, 0.1) is 17.1 Å². The number of nitrogens with zero attached hydrogens (tertiary/aromatic N) is 3. The number of morpholine rings is 1. The largest absolute Gasteiger partial charge is 0.375 e. The lowest BCUT2D eigenvalue weighted by atomic mass is 10.1. The second-order valence-electron chi connectivity index (χ2n) is 7.27. The minimum atomic E-state index is -0.701. The first kappa shape index (κ1) is 19.3. The molecular formula is C19H23FN4O3. The van der Waals surface area contributed by atoms with Crippen molar-refractivity contribution in [1.82, 2.24) is 15.1 Å². The third-order valence-corrected chi connectivity index (χ3v) is 5.07. The topological polar surface area (TPSA) is 85.7 Å². The number of hydrogen-bond donors (Lipinski definition) is 1. The Bertz CT molecular complexity index is 777. The molecule has 144 valence electrons. The summed E-state index contributed by atoms with van der Waals surface area (Å²) in [4.78, 5) is 28.0. The lowest BCUT2D eigenvalue weighted by Gasteiger charge is -2.35. The van der Waals surface area contributed by atoms with E-state index in [4.69, 9.17) is 10.00 Å². The van der Waals surface area contributed by atoms with E-state index in [-0.39, 0.29) is 35.2 Å². The third-order valence-electron chi connectivity index (χ3n) is 5.07. The van der Waals surface area contributed by atoms with Gasteiger partial charge in [-0.15, -0.1) is 0 Å². The number of fused-ring (bicyclic) bond motifs is 1. The molecule has 2 fully saturated rings. The van der Waals surface area contributed by atoms with E-state index in [2.05, 4.69) is 10.2 Å². The van der Waals surface area contributed by atoms with Crippen LogP contribution in [0.15, 0.2) is 18.2 Å². The summed E-state index contributed by atoms with van der Waals surface area (Å²) < 4.78 is 19.8. The van der Waals surface area contributed by atoms with Gasteiger partial charge in [-0.1, -0.05) is 0 Å². The Hall–Kier alpha value is -2.50. The van der Waals surface area contributed by atoms with Crippen molar-refractivity contribution >= 4 is 11.8 Å². The molecule has 0 aromatic heterocycles. The van der Waals surface area contributed by atoms with E-state index < -0.39 is 11.7 Å². The first-order valence-corrected chi connectivity index (χ1v) is 8.93. The Morgan fingerprint density at radius 3 is 2.85 bits per heavy atom. The van der Waals surface area contributed by atoms with Crippen molar-refractivity contribution < 1.29 is 18.7 Å². The molecule has 7 nitrogen and oxygen atoms in total. The fourth-order valence-corrected chi connectivity index (χ4v) is 3.58. The first-order valence-electron chi connectivity index (χ1n) is 8.93. The van der Waals surface area contributed by atoms with Gasteiger partial charge in [0.1, 0.15) is 5.82 Å². The van der Waals surface area contributed by atoms with Crippen molar-refractivity contribution in [2.75, 3.05) is 33.8 Å². The zero-order valence-electron chi connectivity index (χ0n) is 15.4. The summed E-state index contributed by atoms with van der Waals surface area (Å²) in [7, 11) is 3.44. The van der Waals surface area contributed by atoms with Gasteiger partial charge < -0.3 is 15.0 Å². The summed E-state index contributed by atoms with van der Waals surface area (Å²) >= 11 is 0. The molecule has 2 aliphatic rings. The Morgan fingerprint density at radius 1 is 1.41 bits per heavy atom. The minimum Gasteiger partial charge on any atom is -0.375 e. The molecule has 27 heavy (non-hydrogen) atoms. The van der Waals surface area contributed by atoms with Crippen LogP contribution in [0.2, 0.25) is 0 Å². The number of amides is 2. The Balaban J connectivity index is 1.56. The van der Waals surface area contributed by atoms with Gasteiger partial charge in [0.25, 0.3) is 5.91 Å². The van der Waals surface area contributed by atoms with Crippen molar-refractivity contribution in [3.05, 3.63) is 35.1 Å². The van der Waals surface area contributed by atoms with Crippen molar-refractivity contribution in [2.45, 2.75) is 31.0 Å². The average Bonchev–Trinajstić information content (AvgIpc) is 3.02. The van der Waals surface area contributed by atoms with Crippen molar-refractivity contribution in [2.24, 2.45) is 0 Å². The minimum absolute atomic E-state index is 0.0267. The standard InChI is InChI=1S/C19H23FN4O3/c1-23(2)18(25)7-15-10-24-9-13(6-14(24)11-27-15)22-19(26)16-4-3-12(8-21)5-17(16)20/h3-5,13-15H,6-7,9-11H2,1-2H3,(H,22,26)/t13-,14+,15+/m1/s1. The summed E-state index contributed by atoms with van der Waals surface area (Å²) in [5, 5.41) is 11.7. The molecule has 1 aromatic carbocycles. The third kappa shape index (κ3) is 4.43. The van der Waals surface area contributed by atoms with E-state index in [0.717, 1.165) is 12.5 Å². The highest BCUT2D eigenvalue weighted by atomic mass is 19.1. The van der Waals surface area contributed by atoms with Crippen LogP contribution in [0.4, 0.5) is 4.39 Å². The monoisotopic (exact) mass is 374 g/mol.